The highest BCUT2D eigenvalue weighted by molar-refractivity contribution is 7.83. The van der Waals surface area contributed by atoms with Crippen LogP contribution in [0, 0.1) is 5.82 Å². The van der Waals surface area contributed by atoms with Crippen molar-refractivity contribution >= 4 is 10.8 Å². The number of aliphatic hydroxyl groups excluding tert-OH is 1. The Hall–Kier alpha value is -1.52. The van der Waals surface area contributed by atoms with E-state index in [0.29, 0.717) is 11.3 Å². The van der Waals surface area contributed by atoms with Crippen LogP contribution in [0.25, 0.3) is 0 Å². The number of halogens is 1. The van der Waals surface area contributed by atoms with Gasteiger partial charge in [-0.1, -0.05) is 42.5 Å². The van der Waals surface area contributed by atoms with Crippen LogP contribution in [0.4, 0.5) is 4.39 Å². The summed E-state index contributed by atoms with van der Waals surface area (Å²) in [5.74, 6) is 0.292. The van der Waals surface area contributed by atoms with Crippen LogP contribution in [0.15, 0.2) is 48.5 Å². The first-order valence-electron chi connectivity index (χ1n) is 5.96. The van der Waals surface area contributed by atoms with Gasteiger partial charge >= 0.3 is 0 Å². The lowest BCUT2D eigenvalue weighted by Crippen LogP contribution is -2.01. The van der Waals surface area contributed by atoms with Gasteiger partial charge in [-0.3, -0.25) is 4.21 Å². The van der Waals surface area contributed by atoms with E-state index in [4.69, 9.17) is 5.11 Å². The minimum Gasteiger partial charge on any atom is -0.392 e. The minimum absolute atomic E-state index is 0.00139. The molecule has 0 aliphatic carbocycles. The molecule has 0 radical (unpaired) electrons. The molecule has 0 heterocycles. The SMILES string of the molecule is O=S(Cc1ccc(CO)cc1)Cc1ccccc1F. The molecule has 4 heteroatoms. The molecule has 0 amide bonds. The van der Waals surface area contributed by atoms with Crippen molar-refractivity contribution in [1.82, 2.24) is 0 Å². The Morgan fingerprint density at radius 2 is 1.58 bits per heavy atom. The molecule has 0 saturated heterocycles. The van der Waals surface area contributed by atoms with E-state index in [2.05, 4.69) is 0 Å². The van der Waals surface area contributed by atoms with E-state index in [9.17, 15) is 8.60 Å². The van der Waals surface area contributed by atoms with Crippen LogP contribution < -0.4 is 0 Å². The summed E-state index contributed by atoms with van der Waals surface area (Å²) in [7, 11) is -1.14. The van der Waals surface area contributed by atoms with Gasteiger partial charge in [0, 0.05) is 22.1 Å². The predicted molar refractivity (Wildman–Crippen MR) is 74.3 cm³/mol. The average Bonchev–Trinajstić information content (AvgIpc) is 2.42. The van der Waals surface area contributed by atoms with Gasteiger partial charge in [0.2, 0.25) is 0 Å². The number of rotatable bonds is 5. The first kappa shape index (κ1) is 13.9. The van der Waals surface area contributed by atoms with Gasteiger partial charge in [0.1, 0.15) is 5.82 Å². The molecule has 0 fully saturated rings. The summed E-state index contributed by atoms with van der Waals surface area (Å²) in [4.78, 5) is 0. The number of aliphatic hydroxyl groups is 1. The molecule has 1 N–H and O–H groups in total. The molecule has 19 heavy (non-hydrogen) atoms. The van der Waals surface area contributed by atoms with E-state index < -0.39 is 10.8 Å². The van der Waals surface area contributed by atoms with Crippen molar-refractivity contribution in [3.8, 4) is 0 Å². The van der Waals surface area contributed by atoms with Crippen molar-refractivity contribution in [3.05, 3.63) is 71.0 Å². The highest BCUT2D eigenvalue weighted by atomic mass is 32.2. The largest absolute Gasteiger partial charge is 0.392 e. The highest BCUT2D eigenvalue weighted by Crippen LogP contribution is 2.13. The third kappa shape index (κ3) is 3.98. The first-order valence-corrected chi connectivity index (χ1v) is 7.45. The fourth-order valence-corrected chi connectivity index (χ4v) is 3.01. The third-order valence-corrected chi connectivity index (χ3v) is 4.10. The molecule has 2 aromatic carbocycles. The van der Waals surface area contributed by atoms with E-state index in [-0.39, 0.29) is 18.2 Å². The molecule has 1 atom stereocenters. The van der Waals surface area contributed by atoms with Gasteiger partial charge in [-0.25, -0.2) is 4.39 Å². The summed E-state index contributed by atoms with van der Waals surface area (Å²) >= 11 is 0. The van der Waals surface area contributed by atoms with Crippen LogP contribution >= 0.6 is 0 Å². The Kier molecular flexibility index (Phi) is 4.82. The molecule has 2 rings (SSSR count). The van der Waals surface area contributed by atoms with E-state index in [1.54, 1.807) is 30.3 Å². The summed E-state index contributed by atoms with van der Waals surface area (Å²) in [6.07, 6.45) is 0. The van der Waals surface area contributed by atoms with E-state index in [1.807, 2.05) is 12.1 Å². The number of hydrogen-bond donors (Lipinski definition) is 1. The zero-order valence-corrected chi connectivity index (χ0v) is 11.2. The molecule has 2 nitrogen and oxygen atoms in total. The molecule has 1 unspecified atom stereocenters. The fraction of sp³-hybridized carbons (Fsp3) is 0.200. The summed E-state index contributed by atoms with van der Waals surface area (Å²) in [5.41, 5.74) is 2.23. The van der Waals surface area contributed by atoms with Crippen molar-refractivity contribution < 1.29 is 13.7 Å². The maximum absolute atomic E-state index is 13.4. The molecular weight excluding hydrogens is 263 g/mol. The molecule has 0 aromatic heterocycles. The molecule has 0 bridgehead atoms. The number of benzene rings is 2. The van der Waals surface area contributed by atoms with Crippen molar-refractivity contribution in [2.24, 2.45) is 0 Å². The van der Waals surface area contributed by atoms with Gasteiger partial charge in [0.15, 0.2) is 0 Å². The molecule has 100 valence electrons. The molecule has 0 aliphatic rings. The predicted octanol–water partition coefficient (Wildman–Crippen LogP) is 2.77. The van der Waals surface area contributed by atoms with E-state index >= 15 is 0 Å². The fourth-order valence-electron chi connectivity index (χ4n) is 1.77. The summed E-state index contributed by atoms with van der Waals surface area (Å²) < 4.78 is 25.4. The van der Waals surface area contributed by atoms with Crippen LogP contribution in [0.1, 0.15) is 16.7 Å². The zero-order chi connectivity index (χ0) is 13.7. The standard InChI is InChI=1S/C15H15FO2S/c16-15-4-2-1-3-14(15)11-19(18)10-13-7-5-12(9-17)6-8-13/h1-8,17H,9-11H2. The lowest BCUT2D eigenvalue weighted by molar-refractivity contribution is 0.282. The Labute approximate surface area is 114 Å². The zero-order valence-electron chi connectivity index (χ0n) is 10.4. The summed E-state index contributed by atoms with van der Waals surface area (Å²) in [6.45, 7) is -0.00139. The van der Waals surface area contributed by atoms with Crippen LogP contribution in [-0.4, -0.2) is 9.32 Å². The van der Waals surface area contributed by atoms with Gasteiger partial charge in [-0.05, 0) is 17.2 Å². The number of hydrogen-bond acceptors (Lipinski definition) is 2. The monoisotopic (exact) mass is 278 g/mol. The average molecular weight is 278 g/mol. The van der Waals surface area contributed by atoms with Crippen LogP contribution in [0.2, 0.25) is 0 Å². The van der Waals surface area contributed by atoms with Crippen molar-refractivity contribution in [3.63, 3.8) is 0 Å². The Morgan fingerprint density at radius 1 is 0.947 bits per heavy atom. The lowest BCUT2D eigenvalue weighted by atomic mass is 10.2. The van der Waals surface area contributed by atoms with E-state index in [1.165, 1.54) is 6.07 Å². The highest BCUT2D eigenvalue weighted by Gasteiger charge is 2.07. The second kappa shape index (κ2) is 6.59. The van der Waals surface area contributed by atoms with Crippen molar-refractivity contribution in [2.45, 2.75) is 18.1 Å². The lowest BCUT2D eigenvalue weighted by Gasteiger charge is -2.05. The Morgan fingerprint density at radius 3 is 2.21 bits per heavy atom. The Balaban J connectivity index is 1.99. The first-order chi connectivity index (χ1) is 9.19. The molecule has 0 aliphatic heterocycles. The van der Waals surface area contributed by atoms with Gasteiger partial charge in [0.25, 0.3) is 0 Å². The van der Waals surface area contributed by atoms with Gasteiger partial charge < -0.3 is 5.11 Å². The van der Waals surface area contributed by atoms with E-state index in [0.717, 1.165) is 11.1 Å². The van der Waals surface area contributed by atoms with Gasteiger partial charge in [0.05, 0.1) is 12.4 Å². The second-order valence-corrected chi connectivity index (χ2v) is 5.75. The maximum Gasteiger partial charge on any atom is 0.127 e. The maximum atomic E-state index is 13.4. The molecule has 0 spiro atoms. The van der Waals surface area contributed by atoms with Crippen LogP contribution in [0.3, 0.4) is 0 Å². The summed E-state index contributed by atoms with van der Waals surface area (Å²) in [5, 5.41) is 8.93. The van der Waals surface area contributed by atoms with Crippen LogP contribution in [-0.2, 0) is 28.9 Å². The summed E-state index contributed by atoms with van der Waals surface area (Å²) in [6, 6.07) is 13.7. The molecular formula is C15H15FO2S. The second-order valence-electron chi connectivity index (χ2n) is 4.29. The van der Waals surface area contributed by atoms with Gasteiger partial charge in [-0.2, -0.15) is 0 Å². The smallest absolute Gasteiger partial charge is 0.127 e. The minimum atomic E-state index is -1.14. The van der Waals surface area contributed by atoms with Crippen LogP contribution in [0.5, 0.6) is 0 Å². The van der Waals surface area contributed by atoms with Gasteiger partial charge in [-0.15, -0.1) is 0 Å². The Bertz CT molecular complexity index is 567. The third-order valence-electron chi connectivity index (χ3n) is 2.81. The molecule has 0 saturated carbocycles. The van der Waals surface area contributed by atoms with Crippen molar-refractivity contribution in [1.29, 1.82) is 0 Å². The molecule has 2 aromatic rings. The normalized spacial score (nSPS) is 12.3. The quantitative estimate of drug-likeness (QED) is 0.913. The topological polar surface area (TPSA) is 37.3 Å². The van der Waals surface area contributed by atoms with Crippen molar-refractivity contribution in [2.75, 3.05) is 0 Å².